The first-order valence-electron chi connectivity index (χ1n) is 12.4. The van der Waals surface area contributed by atoms with E-state index in [1.54, 1.807) is 23.4 Å². The molecule has 2 aliphatic heterocycles. The second-order valence-corrected chi connectivity index (χ2v) is 11.7. The lowest BCUT2D eigenvalue weighted by molar-refractivity contribution is 0.108. The highest BCUT2D eigenvalue weighted by atomic mass is 32.2. The van der Waals surface area contributed by atoms with Gasteiger partial charge < -0.3 is 14.5 Å². The Morgan fingerprint density at radius 3 is 2.64 bits per heavy atom. The zero-order chi connectivity index (χ0) is 24.7. The molecule has 188 valence electrons. The zero-order valence-electron chi connectivity index (χ0n) is 19.9. The first kappa shape index (κ1) is 23.0. The van der Waals surface area contributed by atoms with Crippen LogP contribution in [0.25, 0.3) is 0 Å². The summed E-state index contributed by atoms with van der Waals surface area (Å²) in [6.45, 7) is 1.92. The Labute approximate surface area is 209 Å². The van der Waals surface area contributed by atoms with Crippen molar-refractivity contribution >= 4 is 27.4 Å². The minimum Gasteiger partial charge on any atom is -0.474 e. The van der Waals surface area contributed by atoms with E-state index in [1.165, 1.54) is 17.2 Å². The summed E-state index contributed by atoms with van der Waals surface area (Å²) in [7, 11) is -3.24. The maximum Gasteiger partial charge on any atom is 0.329 e. The Bertz CT molecular complexity index is 1360. The van der Waals surface area contributed by atoms with Crippen molar-refractivity contribution in [2.24, 2.45) is 5.92 Å². The lowest BCUT2D eigenvalue weighted by atomic mass is 10.1. The molecule has 2 aromatic heterocycles. The second-order valence-electron chi connectivity index (χ2n) is 9.69. The minimum atomic E-state index is -3.24. The molecular formula is C25H28N6O4S. The second kappa shape index (κ2) is 9.20. The number of nitrogens with zero attached hydrogens (tertiary/aromatic N) is 6. The summed E-state index contributed by atoms with van der Waals surface area (Å²) >= 11 is 0. The van der Waals surface area contributed by atoms with Crippen molar-refractivity contribution in [1.82, 2.24) is 24.4 Å². The number of piperidine rings is 1. The van der Waals surface area contributed by atoms with Gasteiger partial charge in [-0.25, -0.2) is 28.2 Å². The van der Waals surface area contributed by atoms with Crippen LogP contribution in [0.1, 0.15) is 31.2 Å². The van der Waals surface area contributed by atoms with Gasteiger partial charge in [-0.05, 0) is 48.9 Å². The van der Waals surface area contributed by atoms with Crippen molar-refractivity contribution < 1.29 is 17.9 Å². The summed E-state index contributed by atoms with van der Waals surface area (Å²) < 4.78 is 33.1. The van der Waals surface area contributed by atoms with E-state index in [1.807, 2.05) is 18.2 Å². The number of benzene rings is 1. The third kappa shape index (κ3) is 4.67. The minimum absolute atomic E-state index is 0.0373. The highest BCUT2D eigenvalue weighted by Gasteiger charge is 2.31. The van der Waals surface area contributed by atoms with Gasteiger partial charge in [0.25, 0.3) is 0 Å². The number of carbonyl (C=O) groups is 1. The fraction of sp³-hybridized carbons (Fsp3) is 0.440. The lowest BCUT2D eigenvalue weighted by Crippen LogP contribution is -2.43. The van der Waals surface area contributed by atoms with Crippen molar-refractivity contribution in [2.45, 2.75) is 43.1 Å². The first-order valence-corrected chi connectivity index (χ1v) is 14.0. The van der Waals surface area contributed by atoms with Crippen LogP contribution < -0.4 is 9.64 Å². The number of hydrogen-bond donors (Lipinski definition) is 0. The lowest BCUT2D eigenvalue weighted by Gasteiger charge is -2.31. The highest BCUT2D eigenvalue weighted by Crippen LogP contribution is 2.37. The number of rotatable bonds is 6. The summed E-state index contributed by atoms with van der Waals surface area (Å²) in [4.78, 5) is 29.5. The first-order chi connectivity index (χ1) is 17.5. The van der Waals surface area contributed by atoms with Gasteiger partial charge in [-0.2, -0.15) is 0 Å². The predicted octanol–water partition coefficient (Wildman–Crippen LogP) is 3.06. The Kier molecular flexibility index (Phi) is 5.87. The van der Waals surface area contributed by atoms with Crippen LogP contribution in [0.5, 0.6) is 5.88 Å². The molecule has 3 aromatic rings. The molecule has 6 rings (SSSR count). The average Bonchev–Trinajstić information content (AvgIpc) is 3.34. The van der Waals surface area contributed by atoms with Gasteiger partial charge in [0, 0.05) is 56.6 Å². The molecule has 1 saturated carbocycles. The number of hydrogen-bond acceptors (Lipinski definition) is 8. The van der Waals surface area contributed by atoms with Gasteiger partial charge in [0.1, 0.15) is 24.6 Å². The van der Waals surface area contributed by atoms with Crippen molar-refractivity contribution in [3.63, 3.8) is 0 Å². The topological polar surface area (TPSA) is 111 Å². The number of imidazole rings is 1. The van der Waals surface area contributed by atoms with Crippen LogP contribution in [-0.2, 0) is 16.3 Å². The number of fused-ring (bicyclic) bond motifs is 1. The molecule has 1 amide bonds. The van der Waals surface area contributed by atoms with E-state index in [2.05, 4.69) is 19.9 Å². The third-order valence-corrected chi connectivity index (χ3v) is 8.97. The van der Waals surface area contributed by atoms with E-state index in [0.29, 0.717) is 49.2 Å². The summed E-state index contributed by atoms with van der Waals surface area (Å²) in [5, 5.41) is 0. The van der Waals surface area contributed by atoms with E-state index in [4.69, 9.17) is 4.74 Å². The molecule has 1 aromatic carbocycles. The molecule has 2 fully saturated rings. The molecule has 36 heavy (non-hydrogen) atoms. The molecule has 1 saturated heterocycles. The fourth-order valence-electron chi connectivity index (χ4n) is 4.91. The predicted molar refractivity (Wildman–Crippen MR) is 132 cm³/mol. The number of carbonyl (C=O) groups excluding carboxylic acids is 1. The van der Waals surface area contributed by atoms with Gasteiger partial charge in [0.05, 0.1) is 10.6 Å². The van der Waals surface area contributed by atoms with Crippen molar-refractivity contribution in [3.05, 3.63) is 54.9 Å². The highest BCUT2D eigenvalue weighted by molar-refractivity contribution is 7.91. The third-order valence-electron chi connectivity index (χ3n) is 7.09. The largest absolute Gasteiger partial charge is 0.474 e. The Hall–Kier alpha value is -3.47. The van der Waals surface area contributed by atoms with Crippen LogP contribution in [-0.4, -0.2) is 70.4 Å². The molecule has 0 radical (unpaired) electrons. The van der Waals surface area contributed by atoms with Crippen LogP contribution >= 0.6 is 0 Å². The van der Waals surface area contributed by atoms with E-state index in [-0.39, 0.29) is 17.9 Å². The monoisotopic (exact) mass is 508 g/mol. The SMILES string of the molecule is O=C(N1CCC(Oc2cc(N3CCc4cc(S(=O)(=O)CC5CC5)ccc43)ncn2)CC1)n1ccnc1. The van der Waals surface area contributed by atoms with Crippen LogP contribution in [0.15, 0.2) is 54.2 Å². The Morgan fingerprint density at radius 2 is 1.89 bits per heavy atom. The van der Waals surface area contributed by atoms with Gasteiger partial charge in [-0.15, -0.1) is 0 Å². The molecule has 0 unspecified atom stereocenters. The number of amides is 1. The number of sulfone groups is 1. The molecule has 0 N–H and O–H groups in total. The van der Waals surface area contributed by atoms with Gasteiger partial charge >= 0.3 is 6.03 Å². The van der Waals surface area contributed by atoms with Crippen molar-refractivity contribution in [1.29, 1.82) is 0 Å². The van der Waals surface area contributed by atoms with Gasteiger partial charge in [0.2, 0.25) is 5.88 Å². The molecule has 0 bridgehead atoms. The van der Waals surface area contributed by atoms with Crippen LogP contribution in [0, 0.1) is 5.92 Å². The molecule has 1 aliphatic carbocycles. The molecule has 4 heterocycles. The molecule has 3 aliphatic rings. The average molecular weight is 509 g/mol. The van der Waals surface area contributed by atoms with Crippen LogP contribution in [0.3, 0.4) is 0 Å². The quantitative estimate of drug-likeness (QED) is 0.500. The van der Waals surface area contributed by atoms with E-state index in [9.17, 15) is 13.2 Å². The van der Waals surface area contributed by atoms with Crippen molar-refractivity contribution in [3.8, 4) is 5.88 Å². The number of aromatic nitrogens is 4. The molecule has 11 heteroatoms. The maximum absolute atomic E-state index is 12.7. The summed E-state index contributed by atoms with van der Waals surface area (Å²) in [5.74, 6) is 1.79. The number of likely N-dealkylation sites (tertiary alicyclic amines) is 1. The normalized spacial score (nSPS) is 18.3. The fourth-order valence-corrected chi connectivity index (χ4v) is 6.66. The van der Waals surface area contributed by atoms with Gasteiger partial charge in [0.15, 0.2) is 9.84 Å². The molecule has 0 spiro atoms. The Morgan fingerprint density at radius 1 is 1.06 bits per heavy atom. The summed E-state index contributed by atoms with van der Waals surface area (Å²) in [5.41, 5.74) is 1.99. The Balaban J connectivity index is 1.11. The van der Waals surface area contributed by atoms with Crippen LogP contribution in [0.4, 0.5) is 16.3 Å². The number of ether oxygens (including phenoxy) is 1. The molecular weight excluding hydrogens is 480 g/mol. The smallest absolute Gasteiger partial charge is 0.329 e. The van der Waals surface area contributed by atoms with E-state index in [0.717, 1.165) is 36.3 Å². The maximum atomic E-state index is 12.7. The van der Waals surface area contributed by atoms with E-state index >= 15 is 0 Å². The van der Waals surface area contributed by atoms with E-state index < -0.39 is 9.84 Å². The molecule has 10 nitrogen and oxygen atoms in total. The zero-order valence-corrected chi connectivity index (χ0v) is 20.7. The number of anilines is 2. The van der Waals surface area contributed by atoms with Crippen LogP contribution in [0.2, 0.25) is 0 Å². The summed E-state index contributed by atoms with van der Waals surface area (Å²) in [6.07, 6.45) is 10.4. The summed E-state index contributed by atoms with van der Waals surface area (Å²) in [6, 6.07) is 7.18. The van der Waals surface area contributed by atoms with Gasteiger partial charge in [-0.1, -0.05) is 0 Å². The molecule has 0 atom stereocenters. The van der Waals surface area contributed by atoms with Crippen molar-refractivity contribution in [2.75, 3.05) is 30.3 Å². The van der Waals surface area contributed by atoms with Gasteiger partial charge in [-0.3, -0.25) is 4.57 Å². The standard InChI is InChI=1S/C25H28N6O4S/c32-25(30-12-8-26-17-30)29-9-6-20(7-10-29)35-24-14-23(27-16-28-24)31-11-5-19-13-21(3-4-22(19)31)36(33,34)15-18-1-2-18/h3-4,8,12-14,16-18,20H,1-2,5-7,9-11,15H2.